The third kappa shape index (κ3) is 4.01. The quantitative estimate of drug-likeness (QED) is 0.544. The molecule has 4 rings (SSSR count). The fraction of sp³-hybridized carbons (Fsp3) is 0.143. The first-order chi connectivity index (χ1) is 14.1. The molecule has 2 amide bonds. The first-order valence-corrected chi connectivity index (χ1v) is 9.13. The molecule has 2 aromatic carbocycles. The summed E-state index contributed by atoms with van der Waals surface area (Å²) in [4.78, 5) is 20.9. The largest absolute Gasteiger partial charge is 0.497 e. The van der Waals surface area contributed by atoms with Crippen LogP contribution in [0.15, 0.2) is 66.9 Å². The minimum Gasteiger partial charge on any atom is -0.497 e. The number of amides is 2. The van der Waals surface area contributed by atoms with E-state index >= 15 is 0 Å². The number of ether oxygens (including phenoxy) is 1. The van der Waals surface area contributed by atoms with Crippen molar-refractivity contribution < 1.29 is 9.53 Å². The Balaban J connectivity index is 1.53. The number of nitrogens with one attached hydrogen (secondary N) is 2. The molecule has 0 bridgehead atoms. The van der Waals surface area contributed by atoms with Crippen LogP contribution in [-0.2, 0) is 0 Å². The summed E-state index contributed by atoms with van der Waals surface area (Å²) >= 11 is 0. The SMILES string of the molecule is COc1ccc(-c2ccnc3nc(NC(=O)NC(C)c4ccccc4)nn23)cc1. The molecule has 0 aliphatic carbocycles. The van der Waals surface area contributed by atoms with Crippen LogP contribution in [0, 0.1) is 0 Å². The normalized spacial score (nSPS) is 11.8. The van der Waals surface area contributed by atoms with Crippen LogP contribution in [0.1, 0.15) is 18.5 Å². The van der Waals surface area contributed by atoms with E-state index in [1.807, 2.05) is 67.6 Å². The van der Waals surface area contributed by atoms with Gasteiger partial charge in [0, 0.05) is 11.8 Å². The van der Waals surface area contributed by atoms with E-state index in [1.54, 1.807) is 17.8 Å². The van der Waals surface area contributed by atoms with Gasteiger partial charge in [-0.25, -0.2) is 9.78 Å². The number of anilines is 1. The highest BCUT2D eigenvalue weighted by Gasteiger charge is 2.14. The average Bonchev–Trinajstić information content (AvgIpc) is 3.16. The number of methoxy groups -OCH3 is 1. The summed E-state index contributed by atoms with van der Waals surface area (Å²) in [6.45, 7) is 1.91. The van der Waals surface area contributed by atoms with Gasteiger partial charge >= 0.3 is 6.03 Å². The molecular formula is C21H20N6O2. The van der Waals surface area contributed by atoms with Crippen LogP contribution < -0.4 is 15.4 Å². The number of nitrogens with zero attached hydrogens (tertiary/aromatic N) is 4. The Hall–Kier alpha value is -3.94. The lowest BCUT2D eigenvalue weighted by Gasteiger charge is -2.13. The lowest BCUT2D eigenvalue weighted by Crippen LogP contribution is -2.31. The first-order valence-electron chi connectivity index (χ1n) is 9.13. The van der Waals surface area contributed by atoms with Gasteiger partial charge in [0.2, 0.25) is 0 Å². The van der Waals surface area contributed by atoms with Crippen LogP contribution in [0.3, 0.4) is 0 Å². The fourth-order valence-corrected chi connectivity index (χ4v) is 2.99. The van der Waals surface area contributed by atoms with Crippen molar-refractivity contribution in [3.8, 4) is 17.0 Å². The van der Waals surface area contributed by atoms with Crippen LogP contribution in [0.2, 0.25) is 0 Å². The minimum atomic E-state index is -0.386. The molecule has 0 radical (unpaired) electrons. The topological polar surface area (TPSA) is 93.4 Å². The number of carbonyl (C=O) groups is 1. The molecule has 0 saturated carbocycles. The molecule has 29 heavy (non-hydrogen) atoms. The molecule has 8 heteroatoms. The van der Waals surface area contributed by atoms with Crippen molar-refractivity contribution in [2.24, 2.45) is 0 Å². The van der Waals surface area contributed by atoms with E-state index in [9.17, 15) is 4.79 Å². The first kappa shape index (κ1) is 18.4. The summed E-state index contributed by atoms with van der Waals surface area (Å²) in [5.41, 5.74) is 2.74. The van der Waals surface area contributed by atoms with Crippen molar-refractivity contribution in [3.05, 3.63) is 72.4 Å². The third-order valence-corrected chi connectivity index (χ3v) is 4.50. The van der Waals surface area contributed by atoms with E-state index in [-0.39, 0.29) is 18.0 Å². The van der Waals surface area contributed by atoms with E-state index in [2.05, 4.69) is 25.7 Å². The van der Waals surface area contributed by atoms with Gasteiger partial charge in [-0.1, -0.05) is 30.3 Å². The van der Waals surface area contributed by atoms with E-state index in [4.69, 9.17) is 4.74 Å². The Bertz CT molecular complexity index is 1130. The minimum absolute atomic E-state index is 0.152. The van der Waals surface area contributed by atoms with E-state index < -0.39 is 0 Å². The van der Waals surface area contributed by atoms with Crippen LogP contribution in [0.4, 0.5) is 10.7 Å². The number of benzene rings is 2. The molecule has 2 heterocycles. The van der Waals surface area contributed by atoms with Crippen LogP contribution in [0.25, 0.3) is 17.0 Å². The second-order valence-electron chi connectivity index (χ2n) is 6.44. The lowest BCUT2D eigenvalue weighted by atomic mass is 10.1. The highest BCUT2D eigenvalue weighted by molar-refractivity contribution is 5.87. The number of carbonyl (C=O) groups excluding carboxylic acids is 1. The van der Waals surface area contributed by atoms with Crippen LogP contribution in [0.5, 0.6) is 5.75 Å². The molecule has 0 saturated heterocycles. The van der Waals surface area contributed by atoms with Crippen molar-refractivity contribution in [1.82, 2.24) is 24.9 Å². The number of hydrogen-bond acceptors (Lipinski definition) is 5. The molecule has 2 aromatic heterocycles. The van der Waals surface area contributed by atoms with E-state index in [0.717, 1.165) is 22.6 Å². The molecule has 0 aliphatic heterocycles. The van der Waals surface area contributed by atoms with Gasteiger partial charge in [0.05, 0.1) is 18.8 Å². The van der Waals surface area contributed by atoms with Gasteiger partial charge in [0.25, 0.3) is 11.7 Å². The molecular weight excluding hydrogens is 368 g/mol. The molecule has 0 aliphatic rings. The third-order valence-electron chi connectivity index (χ3n) is 4.50. The van der Waals surface area contributed by atoms with Gasteiger partial charge in [0.15, 0.2) is 0 Å². The summed E-state index contributed by atoms with van der Waals surface area (Å²) in [5, 5.41) is 9.94. The predicted molar refractivity (Wildman–Crippen MR) is 110 cm³/mol. The molecule has 4 aromatic rings. The highest BCUT2D eigenvalue weighted by Crippen LogP contribution is 2.22. The van der Waals surface area contributed by atoms with Gasteiger partial charge in [-0.3, -0.25) is 5.32 Å². The van der Waals surface area contributed by atoms with Crippen LogP contribution >= 0.6 is 0 Å². The summed E-state index contributed by atoms with van der Waals surface area (Å²) in [5.74, 6) is 1.34. The standard InChI is InChI=1S/C21H20N6O2/c1-14(15-6-4-3-5-7-15)23-21(28)25-19-24-20-22-13-12-18(27(20)26-19)16-8-10-17(29-2)11-9-16/h3-14H,1-2H3,(H2,23,25,26,28). The Morgan fingerprint density at radius 2 is 1.83 bits per heavy atom. The Morgan fingerprint density at radius 1 is 1.07 bits per heavy atom. The van der Waals surface area contributed by atoms with Gasteiger partial charge in [-0.2, -0.15) is 9.50 Å². The summed E-state index contributed by atoms with van der Waals surface area (Å²) in [6.07, 6.45) is 1.66. The number of urea groups is 1. The monoisotopic (exact) mass is 388 g/mol. The maximum absolute atomic E-state index is 12.4. The summed E-state index contributed by atoms with van der Waals surface area (Å²) in [6, 6.07) is 18.6. The van der Waals surface area contributed by atoms with Gasteiger partial charge in [0.1, 0.15) is 5.75 Å². The maximum atomic E-state index is 12.4. The molecule has 1 atom stereocenters. The van der Waals surface area contributed by atoms with E-state index in [0.29, 0.717) is 5.78 Å². The Kier molecular flexibility index (Phi) is 5.07. The zero-order valence-corrected chi connectivity index (χ0v) is 16.0. The molecule has 0 spiro atoms. The Morgan fingerprint density at radius 3 is 2.55 bits per heavy atom. The molecule has 0 fully saturated rings. The summed E-state index contributed by atoms with van der Waals surface area (Å²) < 4.78 is 6.80. The van der Waals surface area contributed by atoms with Crippen molar-refractivity contribution >= 4 is 17.8 Å². The number of aromatic nitrogens is 4. The molecule has 1 unspecified atom stereocenters. The molecule has 146 valence electrons. The van der Waals surface area contributed by atoms with Crippen LogP contribution in [-0.4, -0.2) is 32.7 Å². The van der Waals surface area contributed by atoms with Crippen molar-refractivity contribution in [2.45, 2.75) is 13.0 Å². The zero-order valence-electron chi connectivity index (χ0n) is 16.0. The zero-order chi connectivity index (χ0) is 20.2. The van der Waals surface area contributed by atoms with Gasteiger partial charge in [-0.05, 0) is 42.8 Å². The number of fused-ring (bicyclic) bond motifs is 1. The number of rotatable bonds is 5. The summed E-state index contributed by atoms with van der Waals surface area (Å²) in [7, 11) is 1.62. The average molecular weight is 388 g/mol. The van der Waals surface area contributed by atoms with Gasteiger partial charge in [-0.15, -0.1) is 5.10 Å². The fourth-order valence-electron chi connectivity index (χ4n) is 2.99. The van der Waals surface area contributed by atoms with Crippen molar-refractivity contribution in [1.29, 1.82) is 0 Å². The second kappa shape index (κ2) is 7.97. The maximum Gasteiger partial charge on any atom is 0.322 e. The number of hydrogen-bond donors (Lipinski definition) is 2. The van der Waals surface area contributed by atoms with Gasteiger partial charge < -0.3 is 10.1 Å². The van der Waals surface area contributed by atoms with E-state index in [1.165, 1.54) is 0 Å². The molecule has 8 nitrogen and oxygen atoms in total. The highest BCUT2D eigenvalue weighted by atomic mass is 16.5. The Labute approximate surface area is 167 Å². The second-order valence-corrected chi connectivity index (χ2v) is 6.44. The predicted octanol–water partition coefficient (Wildman–Crippen LogP) is 3.68. The smallest absolute Gasteiger partial charge is 0.322 e. The van der Waals surface area contributed by atoms with Crippen molar-refractivity contribution in [3.63, 3.8) is 0 Å². The van der Waals surface area contributed by atoms with Crippen molar-refractivity contribution in [2.75, 3.05) is 12.4 Å². The molecule has 2 N–H and O–H groups in total. The lowest BCUT2D eigenvalue weighted by molar-refractivity contribution is 0.249.